The summed E-state index contributed by atoms with van der Waals surface area (Å²) in [6, 6.07) is 0. The van der Waals surface area contributed by atoms with Crippen LogP contribution >= 0.6 is 0 Å². The van der Waals surface area contributed by atoms with Crippen LogP contribution in [0.3, 0.4) is 0 Å². The molecule has 1 fully saturated rings. The molecule has 0 aromatic rings. The van der Waals surface area contributed by atoms with Crippen LogP contribution in [0.4, 0.5) is 0 Å². The molecule has 1 aliphatic heterocycles. The highest BCUT2D eigenvalue weighted by molar-refractivity contribution is 5.99. The normalized spacial score (nSPS) is 23.9. The van der Waals surface area contributed by atoms with Crippen molar-refractivity contribution in [1.29, 1.82) is 0 Å². The number of hydrogen-bond acceptors (Lipinski definition) is 4. The van der Waals surface area contributed by atoms with Crippen molar-refractivity contribution in [3.05, 3.63) is 23.8 Å². The van der Waals surface area contributed by atoms with Crippen LogP contribution in [0.1, 0.15) is 125 Å². The van der Waals surface area contributed by atoms with E-state index in [1.165, 1.54) is 5.57 Å². The van der Waals surface area contributed by atoms with E-state index in [-0.39, 0.29) is 17.5 Å². The molecule has 0 aromatic carbocycles. The minimum Gasteiger partial charge on any atom is -0.319 e. The van der Waals surface area contributed by atoms with Crippen molar-refractivity contribution in [2.45, 2.75) is 136 Å². The molecular formula is C32H56N2O2. The SMILES string of the molecule is CCCCC(N)(CC(C)CC(C)C)C(=O)C(CC(C)C)C1(C(=O)CCC2=CCCC=C2)CCCCN1. The summed E-state index contributed by atoms with van der Waals surface area (Å²) in [4.78, 5) is 28.7. The van der Waals surface area contributed by atoms with Gasteiger partial charge in [-0.3, -0.25) is 9.59 Å². The Kier molecular flexibility index (Phi) is 12.6. The number of Topliss-reactive ketones (excluding diaryl/α,β-unsaturated/α-hetero) is 2. The van der Waals surface area contributed by atoms with Crippen molar-refractivity contribution in [2.75, 3.05) is 6.54 Å². The summed E-state index contributed by atoms with van der Waals surface area (Å²) in [5.41, 5.74) is 6.73. The van der Waals surface area contributed by atoms with E-state index >= 15 is 0 Å². The first-order chi connectivity index (χ1) is 17.0. The Labute approximate surface area is 222 Å². The Morgan fingerprint density at radius 2 is 1.81 bits per heavy atom. The molecule has 2 rings (SSSR count). The molecule has 3 N–H and O–H groups in total. The van der Waals surface area contributed by atoms with Gasteiger partial charge in [0, 0.05) is 12.3 Å². The van der Waals surface area contributed by atoms with E-state index < -0.39 is 11.1 Å². The zero-order valence-corrected chi connectivity index (χ0v) is 24.3. The first-order valence-electron chi connectivity index (χ1n) is 15.0. The second kappa shape index (κ2) is 14.6. The monoisotopic (exact) mass is 500 g/mol. The molecule has 206 valence electrons. The summed E-state index contributed by atoms with van der Waals surface area (Å²) in [7, 11) is 0. The maximum Gasteiger partial charge on any atom is 0.158 e. The van der Waals surface area contributed by atoms with Crippen LogP contribution in [-0.2, 0) is 9.59 Å². The second-order valence-corrected chi connectivity index (χ2v) is 12.8. The maximum absolute atomic E-state index is 14.6. The molecule has 4 atom stereocenters. The third kappa shape index (κ3) is 8.65. The van der Waals surface area contributed by atoms with Gasteiger partial charge in [0.25, 0.3) is 0 Å². The zero-order chi connectivity index (χ0) is 26.8. The molecule has 1 saturated heterocycles. The molecule has 0 radical (unpaired) electrons. The highest BCUT2D eigenvalue weighted by Crippen LogP contribution is 2.39. The van der Waals surface area contributed by atoms with Gasteiger partial charge in [-0.05, 0) is 88.5 Å². The van der Waals surface area contributed by atoms with E-state index in [4.69, 9.17) is 5.73 Å². The third-order valence-corrected chi connectivity index (χ3v) is 8.32. The van der Waals surface area contributed by atoms with Gasteiger partial charge in [0.15, 0.2) is 11.6 Å². The smallest absolute Gasteiger partial charge is 0.158 e. The quantitative estimate of drug-likeness (QED) is 0.233. The molecular weight excluding hydrogens is 444 g/mol. The minimum atomic E-state index is -0.870. The number of nitrogens with one attached hydrogen (secondary N) is 1. The molecule has 36 heavy (non-hydrogen) atoms. The van der Waals surface area contributed by atoms with E-state index in [1.807, 2.05) is 0 Å². The average molecular weight is 501 g/mol. The Bertz CT molecular complexity index is 760. The number of piperidine rings is 1. The van der Waals surface area contributed by atoms with Crippen LogP contribution < -0.4 is 11.1 Å². The van der Waals surface area contributed by atoms with Crippen molar-refractivity contribution >= 4 is 11.6 Å². The van der Waals surface area contributed by atoms with Crippen molar-refractivity contribution in [3.8, 4) is 0 Å². The molecule has 4 nitrogen and oxygen atoms in total. The van der Waals surface area contributed by atoms with Gasteiger partial charge in [-0.15, -0.1) is 0 Å². The van der Waals surface area contributed by atoms with Crippen LogP contribution in [0.25, 0.3) is 0 Å². The standard InChI is InChI=1S/C32H56N2O2/c1-7-8-18-31(33,23-26(6)21-24(2)3)30(36)28(22-25(4)5)32(19-12-13-20-34-32)29(35)17-16-27-14-10-9-11-15-27/h10,14-15,24-26,28,34H,7-9,11-13,16-23,33H2,1-6H3. The van der Waals surface area contributed by atoms with E-state index in [9.17, 15) is 9.59 Å². The molecule has 0 bridgehead atoms. The largest absolute Gasteiger partial charge is 0.319 e. The van der Waals surface area contributed by atoms with Crippen LogP contribution in [0.2, 0.25) is 0 Å². The molecule has 2 aliphatic rings. The van der Waals surface area contributed by atoms with Gasteiger partial charge in [-0.2, -0.15) is 0 Å². The number of hydrogen-bond donors (Lipinski definition) is 2. The fourth-order valence-electron chi connectivity index (χ4n) is 6.67. The molecule has 4 unspecified atom stereocenters. The predicted octanol–water partition coefficient (Wildman–Crippen LogP) is 7.32. The lowest BCUT2D eigenvalue weighted by Crippen LogP contribution is -2.66. The topological polar surface area (TPSA) is 72.2 Å². The lowest BCUT2D eigenvalue weighted by Gasteiger charge is -2.46. The van der Waals surface area contributed by atoms with Crippen LogP contribution in [0, 0.1) is 23.7 Å². The summed E-state index contributed by atoms with van der Waals surface area (Å²) in [5.74, 6) is 1.27. The van der Waals surface area contributed by atoms with Crippen LogP contribution in [0.15, 0.2) is 23.8 Å². The summed E-state index contributed by atoms with van der Waals surface area (Å²) in [6.07, 6.45) is 18.0. The van der Waals surface area contributed by atoms with Crippen LogP contribution in [-0.4, -0.2) is 29.2 Å². The van der Waals surface area contributed by atoms with E-state index in [2.05, 4.69) is 65.1 Å². The zero-order valence-electron chi connectivity index (χ0n) is 24.3. The van der Waals surface area contributed by atoms with Gasteiger partial charge in [-0.1, -0.05) is 78.2 Å². The van der Waals surface area contributed by atoms with E-state index in [0.29, 0.717) is 43.4 Å². The number of nitrogens with two attached hydrogens (primary N) is 1. The van der Waals surface area contributed by atoms with Crippen molar-refractivity contribution in [3.63, 3.8) is 0 Å². The number of unbranched alkanes of at least 4 members (excludes halogenated alkanes) is 1. The summed E-state index contributed by atoms with van der Waals surface area (Å²) < 4.78 is 0. The van der Waals surface area contributed by atoms with Crippen molar-refractivity contribution in [1.82, 2.24) is 5.32 Å². The number of rotatable bonds is 16. The molecule has 0 aromatic heterocycles. The average Bonchev–Trinajstić information content (AvgIpc) is 2.84. The highest BCUT2D eigenvalue weighted by Gasteiger charge is 2.52. The molecule has 0 saturated carbocycles. The van der Waals surface area contributed by atoms with E-state index in [0.717, 1.165) is 64.3 Å². The molecule has 0 amide bonds. The van der Waals surface area contributed by atoms with Crippen molar-refractivity contribution in [2.24, 2.45) is 29.4 Å². The Morgan fingerprint density at radius 1 is 1.08 bits per heavy atom. The Balaban J connectivity index is 2.40. The third-order valence-electron chi connectivity index (χ3n) is 8.32. The number of allylic oxidation sites excluding steroid dienone is 4. The predicted molar refractivity (Wildman–Crippen MR) is 153 cm³/mol. The lowest BCUT2D eigenvalue weighted by molar-refractivity contribution is -0.141. The fourth-order valence-corrected chi connectivity index (χ4v) is 6.67. The van der Waals surface area contributed by atoms with Gasteiger partial charge in [0.2, 0.25) is 0 Å². The first kappa shape index (κ1) is 31.0. The van der Waals surface area contributed by atoms with Crippen molar-refractivity contribution < 1.29 is 9.59 Å². The first-order valence-corrected chi connectivity index (χ1v) is 15.0. The molecule has 1 aliphatic carbocycles. The lowest BCUT2D eigenvalue weighted by atomic mass is 9.63. The van der Waals surface area contributed by atoms with Gasteiger partial charge >= 0.3 is 0 Å². The Hall–Kier alpha value is -1.26. The fraction of sp³-hybridized carbons (Fsp3) is 0.812. The summed E-state index contributed by atoms with van der Waals surface area (Å²) >= 11 is 0. The Morgan fingerprint density at radius 3 is 2.36 bits per heavy atom. The highest BCUT2D eigenvalue weighted by atomic mass is 16.1. The molecule has 4 heteroatoms. The summed E-state index contributed by atoms with van der Waals surface area (Å²) in [5, 5.41) is 3.66. The number of carbonyl (C=O) groups is 2. The van der Waals surface area contributed by atoms with Gasteiger partial charge < -0.3 is 11.1 Å². The van der Waals surface area contributed by atoms with E-state index in [1.54, 1.807) is 0 Å². The van der Waals surface area contributed by atoms with Crippen LogP contribution in [0.5, 0.6) is 0 Å². The summed E-state index contributed by atoms with van der Waals surface area (Å²) in [6.45, 7) is 14.0. The van der Waals surface area contributed by atoms with Gasteiger partial charge in [0.05, 0.1) is 11.1 Å². The molecule has 0 spiro atoms. The minimum absolute atomic E-state index is 0.139. The van der Waals surface area contributed by atoms with Gasteiger partial charge in [0.1, 0.15) is 0 Å². The van der Waals surface area contributed by atoms with Gasteiger partial charge in [-0.25, -0.2) is 0 Å². The number of carbonyl (C=O) groups excluding carboxylic acids is 2. The number of ketones is 2. The maximum atomic E-state index is 14.6. The molecule has 1 heterocycles. The second-order valence-electron chi connectivity index (χ2n) is 12.8.